The van der Waals surface area contributed by atoms with Gasteiger partial charge in [0.1, 0.15) is 0 Å². The number of thiophene rings is 1. The van der Waals surface area contributed by atoms with Crippen molar-refractivity contribution in [3.63, 3.8) is 0 Å². The summed E-state index contributed by atoms with van der Waals surface area (Å²) in [5.74, 6) is 0.0545. The Bertz CT molecular complexity index is 367. The zero-order valence-electron chi connectivity index (χ0n) is 10.3. The third-order valence-corrected chi connectivity index (χ3v) is 4.19. The van der Waals surface area contributed by atoms with Gasteiger partial charge < -0.3 is 10.6 Å². The number of rotatable bonds is 6. The maximum Gasteiger partial charge on any atom is 0.239 e. The Morgan fingerprint density at radius 3 is 2.71 bits per heavy atom. The Hall–Kier alpha value is -0.390. The third-order valence-electron chi connectivity index (χ3n) is 2.59. The van der Waals surface area contributed by atoms with Gasteiger partial charge in [-0.05, 0) is 41.4 Å². The average Bonchev–Trinajstić information content (AvgIpc) is 2.71. The molecule has 96 valence electrons. The summed E-state index contributed by atoms with van der Waals surface area (Å²) in [4.78, 5) is 15.1. The van der Waals surface area contributed by atoms with Crippen LogP contribution in [0.2, 0.25) is 0 Å². The SMILES string of the molecule is CCC[C@@H](N)C(=O)N(CC)Cc1ccc(Br)s1. The van der Waals surface area contributed by atoms with Gasteiger partial charge in [0.25, 0.3) is 0 Å². The van der Waals surface area contributed by atoms with Crippen molar-refractivity contribution in [2.24, 2.45) is 5.73 Å². The van der Waals surface area contributed by atoms with E-state index in [2.05, 4.69) is 15.9 Å². The largest absolute Gasteiger partial charge is 0.336 e. The number of nitrogens with two attached hydrogens (primary N) is 1. The van der Waals surface area contributed by atoms with Gasteiger partial charge in [-0.2, -0.15) is 0 Å². The Kier molecular flexibility index (Phi) is 6.16. The van der Waals surface area contributed by atoms with Gasteiger partial charge in [0.15, 0.2) is 0 Å². The highest BCUT2D eigenvalue weighted by molar-refractivity contribution is 9.11. The summed E-state index contributed by atoms with van der Waals surface area (Å²) in [6.07, 6.45) is 1.69. The monoisotopic (exact) mass is 318 g/mol. The van der Waals surface area contributed by atoms with Gasteiger partial charge in [0, 0.05) is 11.4 Å². The second kappa shape index (κ2) is 7.13. The topological polar surface area (TPSA) is 46.3 Å². The van der Waals surface area contributed by atoms with Crippen LogP contribution in [0, 0.1) is 0 Å². The molecule has 0 radical (unpaired) electrons. The van der Waals surface area contributed by atoms with Gasteiger partial charge >= 0.3 is 0 Å². The highest BCUT2D eigenvalue weighted by atomic mass is 79.9. The van der Waals surface area contributed by atoms with Gasteiger partial charge in [-0.3, -0.25) is 4.79 Å². The molecule has 3 nitrogen and oxygen atoms in total. The summed E-state index contributed by atoms with van der Waals surface area (Å²) < 4.78 is 1.09. The molecule has 0 saturated carbocycles. The van der Waals surface area contributed by atoms with Gasteiger partial charge in [-0.25, -0.2) is 0 Å². The minimum Gasteiger partial charge on any atom is -0.336 e. The molecule has 0 unspecified atom stereocenters. The first kappa shape index (κ1) is 14.7. The number of hydrogen-bond donors (Lipinski definition) is 1. The molecule has 0 aromatic carbocycles. The second-order valence-electron chi connectivity index (χ2n) is 3.95. The first-order valence-electron chi connectivity index (χ1n) is 5.87. The smallest absolute Gasteiger partial charge is 0.239 e. The van der Waals surface area contributed by atoms with E-state index in [1.54, 1.807) is 11.3 Å². The first-order chi connectivity index (χ1) is 8.08. The number of carbonyl (C=O) groups is 1. The van der Waals surface area contributed by atoms with Gasteiger partial charge in [-0.1, -0.05) is 13.3 Å². The summed E-state index contributed by atoms with van der Waals surface area (Å²) in [7, 11) is 0. The molecular weight excluding hydrogens is 300 g/mol. The molecule has 0 aliphatic rings. The van der Waals surface area contributed by atoms with Gasteiger partial charge in [0.05, 0.1) is 16.4 Å². The lowest BCUT2D eigenvalue weighted by molar-refractivity contribution is -0.133. The second-order valence-corrected chi connectivity index (χ2v) is 6.50. The lowest BCUT2D eigenvalue weighted by atomic mass is 10.1. The minimum atomic E-state index is -0.358. The first-order valence-corrected chi connectivity index (χ1v) is 7.48. The van der Waals surface area contributed by atoms with Crippen LogP contribution in [0.1, 0.15) is 31.6 Å². The van der Waals surface area contributed by atoms with E-state index >= 15 is 0 Å². The molecule has 0 aliphatic carbocycles. The lowest BCUT2D eigenvalue weighted by Gasteiger charge is -2.23. The van der Waals surface area contributed by atoms with E-state index in [1.165, 1.54) is 4.88 Å². The van der Waals surface area contributed by atoms with Crippen molar-refractivity contribution in [3.8, 4) is 0 Å². The van der Waals surface area contributed by atoms with Crippen molar-refractivity contribution in [3.05, 3.63) is 20.8 Å². The van der Waals surface area contributed by atoms with Crippen LogP contribution in [0.25, 0.3) is 0 Å². The van der Waals surface area contributed by atoms with Crippen LogP contribution in [-0.2, 0) is 11.3 Å². The van der Waals surface area contributed by atoms with Crippen LogP contribution >= 0.6 is 27.3 Å². The molecule has 2 N–H and O–H groups in total. The van der Waals surface area contributed by atoms with Crippen molar-refractivity contribution < 1.29 is 4.79 Å². The number of nitrogens with zero attached hydrogens (tertiary/aromatic N) is 1. The Morgan fingerprint density at radius 2 is 2.24 bits per heavy atom. The van der Waals surface area contributed by atoms with Crippen molar-refractivity contribution >= 4 is 33.2 Å². The van der Waals surface area contributed by atoms with Crippen LogP contribution in [-0.4, -0.2) is 23.4 Å². The molecule has 1 amide bonds. The fourth-order valence-corrected chi connectivity index (χ4v) is 3.14. The van der Waals surface area contributed by atoms with Crippen LogP contribution in [0.4, 0.5) is 0 Å². The van der Waals surface area contributed by atoms with Crippen LogP contribution in [0.5, 0.6) is 0 Å². The summed E-state index contributed by atoms with van der Waals surface area (Å²) in [5.41, 5.74) is 5.87. The van der Waals surface area contributed by atoms with Gasteiger partial charge in [-0.15, -0.1) is 11.3 Å². The molecule has 1 rings (SSSR count). The van der Waals surface area contributed by atoms with E-state index < -0.39 is 0 Å². The van der Waals surface area contributed by atoms with E-state index in [0.29, 0.717) is 13.1 Å². The molecule has 1 heterocycles. The molecule has 0 fully saturated rings. The molecule has 0 bridgehead atoms. The number of halogens is 1. The van der Waals surface area contributed by atoms with Crippen LogP contribution < -0.4 is 5.73 Å². The standard InChI is InChI=1S/C12H19BrN2OS/c1-3-5-10(14)12(16)15(4-2)8-9-6-7-11(13)17-9/h6-7,10H,3-5,8,14H2,1-2H3/t10-/m1/s1. The number of hydrogen-bond acceptors (Lipinski definition) is 3. The zero-order chi connectivity index (χ0) is 12.8. The maximum absolute atomic E-state index is 12.1. The Balaban J connectivity index is 2.62. The maximum atomic E-state index is 12.1. The summed E-state index contributed by atoms with van der Waals surface area (Å²) in [6, 6.07) is 3.68. The lowest BCUT2D eigenvalue weighted by Crippen LogP contribution is -2.43. The van der Waals surface area contributed by atoms with Crippen LogP contribution in [0.15, 0.2) is 15.9 Å². The number of carbonyl (C=O) groups excluding carboxylic acids is 1. The van der Waals surface area contributed by atoms with Crippen molar-refractivity contribution in [2.45, 2.75) is 39.3 Å². The number of likely N-dealkylation sites (N-methyl/N-ethyl adjacent to an activating group) is 1. The predicted octanol–water partition coefficient (Wildman–Crippen LogP) is 2.99. The van der Waals surface area contributed by atoms with Crippen molar-refractivity contribution in [1.29, 1.82) is 0 Å². The molecule has 0 saturated heterocycles. The fraction of sp³-hybridized carbons (Fsp3) is 0.583. The third kappa shape index (κ3) is 4.41. The summed E-state index contributed by atoms with van der Waals surface area (Å²) in [6.45, 7) is 5.38. The minimum absolute atomic E-state index is 0.0545. The zero-order valence-corrected chi connectivity index (χ0v) is 12.7. The molecule has 17 heavy (non-hydrogen) atoms. The van der Waals surface area contributed by atoms with Gasteiger partial charge in [0.2, 0.25) is 5.91 Å². The van der Waals surface area contributed by atoms with E-state index in [-0.39, 0.29) is 11.9 Å². The van der Waals surface area contributed by atoms with E-state index in [1.807, 2.05) is 30.9 Å². The summed E-state index contributed by atoms with van der Waals surface area (Å²) >= 11 is 5.08. The molecule has 0 aliphatic heterocycles. The predicted molar refractivity (Wildman–Crippen MR) is 76.0 cm³/mol. The highest BCUT2D eigenvalue weighted by Gasteiger charge is 2.19. The summed E-state index contributed by atoms with van der Waals surface area (Å²) in [5, 5.41) is 0. The highest BCUT2D eigenvalue weighted by Crippen LogP contribution is 2.23. The van der Waals surface area contributed by atoms with E-state index in [9.17, 15) is 4.79 Å². The number of amides is 1. The van der Waals surface area contributed by atoms with Crippen molar-refractivity contribution in [1.82, 2.24) is 4.90 Å². The molecule has 5 heteroatoms. The molecule has 1 aromatic rings. The Morgan fingerprint density at radius 1 is 1.53 bits per heavy atom. The molecular formula is C12H19BrN2OS. The quantitative estimate of drug-likeness (QED) is 0.876. The Labute approximate surface area is 115 Å². The van der Waals surface area contributed by atoms with E-state index in [0.717, 1.165) is 16.6 Å². The van der Waals surface area contributed by atoms with E-state index in [4.69, 9.17) is 5.73 Å². The average molecular weight is 319 g/mol. The normalized spacial score (nSPS) is 12.5. The fourth-order valence-electron chi connectivity index (χ4n) is 1.64. The molecule has 0 spiro atoms. The molecule has 1 aromatic heterocycles. The molecule has 1 atom stereocenters. The van der Waals surface area contributed by atoms with Crippen molar-refractivity contribution in [2.75, 3.05) is 6.54 Å². The van der Waals surface area contributed by atoms with Crippen LogP contribution in [0.3, 0.4) is 0 Å².